The fourth-order valence-corrected chi connectivity index (χ4v) is 2.23. The van der Waals surface area contributed by atoms with Crippen LogP contribution in [-0.4, -0.2) is 32.4 Å². The predicted octanol–water partition coefficient (Wildman–Crippen LogP) is 0.907. The van der Waals surface area contributed by atoms with Crippen LogP contribution in [0.2, 0.25) is 0 Å². The maximum absolute atomic E-state index is 11.3. The molecule has 1 aliphatic heterocycles. The lowest BCUT2D eigenvalue weighted by atomic mass is 10.1. The predicted molar refractivity (Wildman–Crippen MR) is 82.0 cm³/mol. The van der Waals surface area contributed by atoms with Crippen LogP contribution in [0.1, 0.15) is 12.5 Å². The summed E-state index contributed by atoms with van der Waals surface area (Å²) in [5.41, 5.74) is -0.473. The molecule has 1 fully saturated rings. The standard InChI is InChI=1S/C12H12N4O4.BrH/c1-6-4-15(6)5-7-2-8-9(3-10(7)16(19)20)14-12(18)11(17)13-8;/h2-3,6H,4-5H2,1H3,(H,13,17)(H,14,18);1H. The Morgan fingerprint density at radius 3 is 2.29 bits per heavy atom. The molecule has 1 aliphatic rings. The van der Waals surface area contributed by atoms with Crippen LogP contribution in [-0.2, 0) is 6.54 Å². The number of hydrogen-bond acceptors (Lipinski definition) is 5. The van der Waals surface area contributed by atoms with Gasteiger partial charge in [-0.15, -0.1) is 17.0 Å². The first kappa shape index (κ1) is 15.4. The summed E-state index contributed by atoms with van der Waals surface area (Å²) >= 11 is 0. The molecule has 1 aromatic heterocycles. The third kappa shape index (κ3) is 2.88. The Morgan fingerprint density at radius 1 is 1.29 bits per heavy atom. The molecule has 0 aliphatic carbocycles. The van der Waals surface area contributed by atoms with Crippen LogP contribution < -0.4 is 11.1 Å². The van der Waals surface area contributed by atoms with Crippen LogP contribution in [0.5, 0.6) is 0 Å². The van der Waals surface area contributed by atoms with E-state index in [4.69, 9.17) is 0 Å². The third-order valence-electron chi connectivity index (χ3n) is 3.48. The Hall–Kier alpha value is -2.00. The molecular formula is C12H13BrN4O4. The van der Waals surface area contributed by atoms with Gasteiger partial charge in [0.15, 0.2) is 0 Å². The van der Waals surface area contributed by atoms with Crippen molar-refractivity contribution in [2.45, 2.75) is 19.5 Å². The summed E-state index contributed by atoms with van der Waals surface area (Å²) in [7, 11) is 0. The molecule has 2 aromatic rings. The summed E-state index contributed by atoms with van der Waals surface area (Å²) in [6.45, 7) is 3.39. The highest BCUT2D eigenvalue weighted by Crippen LogP contribution is 2.28. The molecule has 8 nitrogen and oxygen atoms in total. The van der Waals surface area contributed by atoms with Gasteiger partial charge in [0.25, 0.3) is 5.69 Å². The van der Waals surface area contributed by atoms with E-state index >= 15 is 0 Å². The lowest BCUT2D eigenvalue weighted by Crippen LogP contribution is -2.29. The Bertz CT molecular complexity index is 828. The van der Waals surface area contributed by atoms with Gasteiger partial charge in [-0.2, -0.15) is 0 Å². The molecule has 1 aromatic carbocycles. The van der Waals surface area contributed by atoms with Crippen molar-refractivity contribution < 1.29 is 4.92 Å². The molecule has 0 saturated carbocycles. The zero-order valence-corrected chi connectivity index (χ0v) is 12.8. The van der Waals surface area contributed by atoms with Gasteiger partial charge < -0.3 is 9.97 Å². The molecule has 112 valence electrons. The molecule has 2 N–H and O–H groups in total. The smallest absolute Gasteiger partial charge is 0.314 e. The molecule has 0 spiro atoms. The number of nitrogens with zero attached hydrogens (tertiary/aromatic N) is 2. The molecule has 2 unspecified atom stereocenters. The summed E-state index contributed by atoms with van der Waals surface area (Å²) < 4.78 is 0. The summed E-state index contributed by atoms with van der Waals surface area (Å²) in [5, 5.41) is 11.1. The summed E-state index contributed by atoms with van der Waals surface area (Å²) in [6, 6.07) is 3.26. The molecule has 21 heavy (non-hydrogen) atoms. The number of aromatic amines is 2. The first-order valence-corrected chi connectivity index (χ1v) is 6.13. The molecule has 2 heterocycles. The Morgan fingerprint density at radius 2 is 1.81 bits per heavy atom. The first-order chi connectivity index (χ1) is 9.45. The van der Waals surface area contributed by atoms with Crippen LogP contribution in [0.25, 0.3) is 11.0 Å². The van der Waals surface area contributed by atoms with E-state index in [1.165, 1.54) is 6.07 Å². The van der Waals surface area contributed by atoms with E-state index in [0.717, 1.165) is 6.54 Å². The van der Waals surface area contributed by atoms with Crippen molar-refractivity contribution in [2.75, 3.05) is 6.54 Å². The van der Waals surface area contributed by atoms with Gasteiger partial charge in [-0.3, -0.25) is 24.6 Å². The molecule has 3 rings (SSSR count). The van der Waals surface area contributed by atoms with Crippen molar-refractivity contribution in [3.8, 4) is 0 Å². The molecule has 0 radical (unpaired) electrons. The van der Waals surface area contributed by atoms with Crippen LogP contribution in [0.15, 0.2) is 21.7 Å². The highest BCUT2D eigenvalue weighted by atomic mass is 79.9. The van der Waals surface area contributed by atoms with Gasteiger partial charge in [0.1, 0.15) is 0 Å². The molecular weight excluding hydrogens is 344 g/mol. The van der Waals surface area contributed by atoms with E-state index in [-0.39, 0.29) is 28.2 Å². The zero-order valence-electron chi connectivity index (χ0n) is 11.1. The average molecular weight is 357 g/mol. The maximum atomic E-state index is 11.3. The minimum atomic E-state index is -0.820. The average Bonchev–Trinajstić information content (AvgIpc) is 3.06. The quantitative estimate of drug-likeness (QED) is 0.367. The first-order valence-electron chi connectivity index (χ1n) is 6.13. The fourth-order valence-electron chi connectivity index (χ4n) is 2.23. The summed E-state index contributed by atoms with van der Waals surface area (Å²) in [5.74, 6) is 0. The van der Waals surface area contributed by atoms with E-state index < -0.39 is 16.0 Å². The molecule has 0 bridgehead atoms. The van der Waals surface area contributed by atoms with Crippen LogP contribution >= 0.6 is 17.0 Å². The normalized spacial score (nSPS) is 20.0. The van der Waals surface area contributed by atoms with Crippen molar-refractivity contribution in [3.63, 3.8) is 0 Å². The van der Waals surface area contributed by atoms with Gasteiger partial charge >= 0.3 is 11.1 Å². The van der Waals surface area contributed by atoms with E-state index in [1.54, 1.807) is 6.07 Å². The fraction of sp³-hybridized carbons (Fsp3) is 0.333. The SMILES string of the molecule is Br.CC1CN1Cc1cc2[nH]c(=O)c(=O)[nH]c2cc1[N+](=O)[O-]. The number of rotatable bonds is 3. The lowest BCUT2D eigenvalue weighted by molar-refractivity contribution is -0.385. The van der Waals surface area contributed by atoms with E-state index in [0.29, 0.717) is 23.7 Å². The molecule has 0 amide bonds. The van der Waals surface area contributed by atoms with Crippen molar-refractivity contribution in [3.05, 3.63) is 48.5 Å². The minimum absolute atomic E-state index is 0. The number of nitro benzene ring substituents is 1. The summed E-state index contributed by atoms with van der Waals surface area (Å²) in [4.78, 5) is 40.0. The number of halogens is 1. The number of aromatic nitrogens is 2. The highest BCUT2D eigenvalue weighted by molar-refractivity contribution is 8.93. The Kier molecular flexibility index (Phi) is 3.97. The van der Waals surface area contributed by atoms with Crippen molar-refractivity contribution in [2.24, 2.45) is 0 Å². The van der Waals surface area contributed by atoms with Gasteiger partial charge in [-0.05, 0) is 13.0 Å². The van der Waals surface area contributed by atoms with E-state index in [9.17, 15) is 19.7 Å². The van der Waals surface area contributed by atoms with Gasteiger partial charge in [-0.1, -0.05) is 0 Å². The van der Waals surface area contributed by atoms with Gasteiger partial charge in [-0.25, -0.2) is 0 Å². The molecule has 2 atom stereocenters. The Balaban J connectivity index is 0.00000161. The van der Waals surface area contributed by atoms with Gasteiger partial charge in [0.05, 0.1) is 16.0 Å². The monoisotopic (exact) mass is 356 g/mol. The number of benzene rings is 1. The maximum Gasteiger partial charge on any atom is 0.314 e. The third-order valence-corrected chi connectivity index (χ3v) is 3.48. The van der Waals surface area contributed by atoms with Crippen molar-refractivity contribution in [1.29, 1.82) is 0 Å². The van der Waals surface area contributed by atoms with Crippen LogP contribution in [0.3, 0.4) is 0 Å². The van der Waals surface area contributed by atoms with Gasteiger partial charge in [0, 0.05) is 30.8 Å². The second kappa shape index (κ2) is 5.41. The number of nitro groups is 1. The summed E-state index contributed by atoms with van der Waals surface area (Å²) in [6.07, 6.45) is 0. The van der Waals surface area contributed by atoms with Crippen LogP contribution in [0, 0.1) is 10.1 Å². The topological polar surface area (TPSA) is 112 Å². The number of fused-ring (bicyclic) bond motifs is 1. The molecule has 1 saturated heterocycles. The number of H-pyrrole nitrogens is 2. The second-order valence-electron chi connectivity index (χ2n) is 4.97. The highest BCUT2D eigenvalue weighted by Gasteiger charge is 2.31. The number of hydrogen-bond donors (Lipinski definition) is 2. The number of nitrogens with one attached hydrogen (secondary N) is 2. The zero-order chi connectivity index (χ0) is 14.4. The Labute approximate surface area is 128 Å². The van der Waals surface area contributed by atoms with E-state index in [1.807, 2.05) is 6.92 Å². The van der Waals surface area contributed by atoms with Crippen molar-refractivity contribution in [1.82, 2.24) is 14.9 Å². The molecule has 9 heteroatoms. The van der Waals surface area contributed by atoms with Gasteiger partial charge in [0.2, 0.25) is 0 Å². The largest absolute Gasteiger partial charge is 0.316 e. The second-order valence-corrected chi connectivity index (χ2v) is 4.97. The van der Waals surface area contributed by atoms with E-state index in [2.05, 4.69) is 14.9 Å². The lowest BCUT2D eigenvalue weighted by Gasteiger charge is -2.06. The minimum Gasteiger partial charge on any atom is -0.316 e. The van der Waals surface area contributed by atoms with Crippen LogP contribution in [0.4, 0.5) is 5.69 Å². The van der Waals surface area contributed by atoms with Crippen molar-refractivity contribution >= 4 is 33.7 Å².